The average molecular weight is 298 g/mol. The lowest BCUT2D eigenvalue weighted by Gasteiger charge is -2.32. The first-order chi connectivity index (χ1) is 9.61. The number of rotatable bonds is 2. The van der Waals surface area contributed by atoms with Gasteiger partial charge in [-0.2, -0.15) is 0 Å². The van der Waals surface area contributed by atoms with Gasteiger partial charge in [0.1, 0.15) is 6.10 Å². The molecule has 1 saturated heterocycles. The highest BCUT2D eigenvalue weighted by atomic mass is 35.5. The summed E-state index contributed by atoms with van der Waals surface area (Å²) in [6, 6.07) is 7.28. The van der Waals surface area contributed by atoms with Crippen LogP contribution in [0.1, 0.15) is 18.6 Å². The van der Waals surface area contributed by atoms with E-state index in [0.29, 0.717) is 24.7 Å². The molecule has 0 spiro atoms. The summed E-state index contributed by atoms with van der Waals surface area (Å²) in [5, 5.41) is 0.611. The van der Waals surface area contributed by atoms with Crippen LogP contribution in [0.4, 0.5) is 0 Å². The molecule has 5 nitrogen and oxygen atoms in total. The van der Waals surface area contributed by atoms with Crippen LogP contribution >= 0.6 is 11.6 Å². The Hall–Kier alpha value is -1.59. The van der Waals surface area contributed by atoms with Gasteiger partial charge in [-0.3, -0.25) is 4.79 Å². The van der Waals surface area contributed by atoms with Crippen molar-refractivity contribution in [3.05, 3.63) is 34.9 Å². The Morgan fingerprint density at radius 3 is 3.00 bits per heavy atom. The molecule has 0 radical (unpaired) electrons. The lowest BCUT2D eigenvalue weighted by molar-refractivity contribution is -0.163. The Bertz CT molecular complexity index is 506. The standard InChI is InChI=1S/C14H16ClNO4/c1-2-19-14(18)13(17)16-6-7-20-12(9-16)10-4-3-5-11(15)8-10/h3-5,8,12H,2,6-7,9H2,1H3. The lowest BCUT2D eigenvalue weighted by atomic mass is 10.1. The molecule has 20 heavy (non-hydrogen) atoms. The minimum Gasteiger partial charge on any atom is -0.459 e. The highest BCUT2D eigenvalue weighted by Crippen LogP contribution is 2.24. The van der Waals surface area contributed by atoms with Crippen LogP contribution in [0.2, 0.25) is 5.02 Å². The molecule has 1 aromatic rings. The number of carbonyl (C=O) groups is 2. The number of benzene rings is 1. The Morgan fingerprint density at radius 2 is 2.30 bits per heavy atom. The van der Waals surface area contributed by atoms with Crippen LogP contribution in [0, 0.1) is 0 Å². The van der Waals surface area contributed by atoms with E-state index in [1.165, 1.54) is 4.90 Å². The molecule has 0 aliphatic carbocycles. The SMILES string of the molecule is CCOC(=O)C(=O)N1CCOC(c2cccc(Cl)c2)C1. The number of nitrogens with zero attached hydrogens (tertiary/aromatic N) is 1. The summed E-state index contributed by atoms with van der Waals surface area (Å²) in [6.07, 6.45) is -0.277. The highest BCUT2D eigenvalue weighted by molar-refractivity contribution is 6.32. The first-order valence-corrected chi connectivity index (χ1v) is 6.82. The first kappa shape index (κ1) is 14.8. The summed E-state index contributed by atoms with van der Waals surface area (Å²) in [5.41, 5.74) is 0.888. The molecule has 0 N–H and O–H groups in total. The van der Waals surface area contributed by atoms with Crippen molar-refractivity contribution in [3.63, 3.8) is 0 Å². The number of carbonyl (C=O) groups excluding carboxylic acids is 2. The van der Waals surface area contributed by atoms with Crippen LogP contribution in [0.5, 0.6) is 0 Å². The molecule has 108 valence electrons. The summed E-state index contributed by atoms with van der Waals surface area (Å²) in [7, 11) is 0. The normalized spacial score (nSPS) is 18.7. The van der Waals surface area contributed by atoms with Crippen molar-refractivity contribution in [2.75, 3.05) is 26.3 Å². The van der Waals surface area contributed by atoms with Crippen molar-refractivity contribution in [2.45, 2.75) is 13.0 Å². The Morgan fingerprint density at radius 1 is 1.50 bits per heavy atom. The van der Waals surface area contributed by atoms with Gasteiger partial charge in [0, 0.05) is 11.6 Å². The van der Waals surface area contributed by atoms with E-state index in [2.05, 4.69) is 0 Å². The molecule has 1 amide bonds. The number of hydrogen-bond acceptors (Lipinski definition) is 4. The van der Waals surface area contributed by atoms with Gasteiger partial charge < -0.3 is 14.4 Å². The van der Waals surface area contributed by atoms with E-state index in [1.54, 1.807) is 19.1 Å². The summed E-state index contributed by atoms with van der Waals surface area (Å²) >= 11 is 5.94. The van der Waals surface area contributed by atoms with Gasteiger partial charge in [-0.25, -0.2) is 4.79 Å². The van der Waals surface area contributed by atoms with E-state index in [4.69, 9.17) is 21.1 Å². The first-order valence-electron chi connectivity index (χ1n) is 6.45. The van der Waals surface area contributed by atoms with Crippen molar-refractivity contribution < 1.29 is 19.1 Å². The fraction of sp³-hybridized carbons (Fsp3) is 0.429. The molecule has 0 aromatic heterocycles. The highest BCUT2D eigenvalue weighted by Gasteiger charge is 2.29. The summed E-state index contributed by atoms with van der Waals surface area (Å²) in [6.45, 7) is 2.93. The summed E-state index contributed by atoms with van der Waals surface area (Å²) in [5.74, 6) is -1.44. The fourth-order valence-corrected chi connectivity index (χ4v) is 2.26. The van der Waals surface area contributed by atoms with E-state index in [1.807, 2.05) is 12.1 Å². The number of ether oxygens (including phenoxy) is 2. The van der Waals surface area contributed by atoms with Gasteiger partial charge in [0.15, 0.2) is 0 Å². The third-order valence-corrected chi connectivity index (χ3v) is 3.26. The van der Waals surface area contributed by atoms with E-state index in [-0.39, 0.29) is 12.7 Å². The van der Waals surface area contributed by atoms with Crippen molar-refractivity contribution in [1.82, 2.24) is 4.90 Å². The van der Waals surface area contributed by atoms with Crippen molar-refractivity contribution in [1.29, 1.82) is 0 Å². The monoisotopic (exact) mass is 297 g/mol. The predicted molar refractivity (Wildman–Crippen MR) is 73.4 cm³/mol. The number of morpholine rings is 1. The van der Waals surface area contributed by atoms with Crippen molar-refractivity contribution in [3.8, 4) is 0 Å². The van der Waals surface area contributed by atoms with Gasteiger partial charge >= 0.3 is 11.9 Å². The minimum atomic E-state index is -0.820. The topological polar surface area (TPSA) is 55.8 Å². The van der Waals surface area contributed by atoms with Crippen LogP contribution in [0.25, 0.3) is 0 Å². The molecule has 0 saturated carbocycles. The molecular formula is C14H16ClNO4. The van der Waals surface area contributed by atoms with Gasteiger partial charge in [-0.1, -0.05) is 23.7 Å². The number of amides is 1. The molecule has 6 heteroatoms. The molecule has 1 aromatic carbocycles. The Balaban J connectivity index is 2.05. The maximum Gasteiger partial charge on any atom is 0.397 e. The van der Waals surface area contributed by atoms with Gasteiger partial charge in [0.2, 0.25) is 0 Å². The second-order valence-electron chi connectivity index (χ2n) is 4.39. The average Bonchev–Trinajstić information content (AvgIpc) is 2.47. The molecule has 2 rings (SSSR count). The minimum absolute atomic E-state index is 0.187. The molecule has 1 aliphatic rings. The number of esters is 1. The zero-order valence-corrected chi connectivity index (χ0v) is 11.9. The second kappa shape index (κ2) is 6.72. The number of halogens is 1. The van der Waals surface area contributed by atoms with Gasteiger partial charge in [-0.15, -0.1) is 0 Å². The molecular weight excluding hydrogens is 282 g/mol. The largest absolute Gasteiger partial charge is 0.459 e. The Labute approximate surface area is 122 Å². The molecule has 1 aliphatic heterocycles. The predicted octanol–water partition coefficient (Wildman–Crippen LogP) is 1.80. The van der Waals surface area contributed by atoms with Crippen LogP contribution in [-0.2, 0) is 19.1 Å². The van der Waals surface area contributed by atoms with Gasteiger partial charge in [0.25, 0.3) is 0 Å². The smallest absolute Gasteiger partial charge is 0.397 e. The van der Waals surface area contributed by atoms with Crippen molar-refractivity contribution >= 4 is 23.5 Å². The zero-order valence-electron chi connectivity index (χ0n) is 11.2. The molecule has 1 unspecified atom stereocenters. The van der Waals surface area contributed by atoms with E-state index >= 15 is 0 Å². The van der Waals surface area contributed by atoms with E-state index in [9.17, 15) is 9.59 Å². The molecule has 1 heterocycles. The van der Waals surface area contributed by atoms with Crippen LogP contribution in [0.15, 0.2) is 24.3 Å². The maximum absolute atomic E-state index is 11.9. The molecule has 1 atom stereocenters. The summed E-state index contributed by atoms with van der Waals surface area (Å²) in [4.78, 5) is 24.8. The molecule has 1 fully saturated rings. The zero-order chi connectivity index (χ0) is 14.5. The lowest BCUT2D eigenvalue weighted by Crippen LogP contribution is -2.45. The number of hydrogen-bond donors (Lipinski definition) is 0. The van der Waals surface area contributed by atoms with E-state index < -0.39 is 11.9 Å². The summed E-state index contributed by atoms with van der Waals surface area (Å²) < 4.78 is 10.4. The third kappa shape index (κ3) is 3.49. The fourth-order valence-electron chi connectivity index (χ4n) is 2.06. The van der Waals surface area contributed by atoms with E-state index in [0.717, 1.165) is 5.56 Å². The van der Waals surface area contributed by atoms with Gasteiger partial charge in [0.05, 0.1) is 19.8 Å². The molecule has 0 bridgehead atoms. The van der Waals surface area contributed by atoms with Crippen LogP contribution in [0.3, 0.4) is 0 Å². The Kier molecular flexibility index (Phi) is 4.98. The maximum atomic E-state index is 11.9. The second-order valence-corrected chi connectivity index (χ2v) is 4.82. The van der Waals surface area contributed by atoms with Gasteiger partial charge in [-0.05, 0) is 24.6 Å². The quantitative estimate of drug-likeness (QED) is 0.617. The van der Waals surface area contributed by atoms with Crippen molar-refractivity contribution in [2.24, 2.45) is 0 Å². The third-order valence-electron chi connectivity index (χ3n) is 3.02. The van der Waals surface area contributed by atoms with Crippen LogP contribution < -0.4 is 0 Å². The van der Waals surface area contributed by atoms with Crippen LogP contribution in [-0.4, -0.2) is 43.1 Å².